The molecule has 84 valence electrons. The monoisotopic (exact) mass is 204 g/mol. The van der Waals surface area contributed by atoms with Crippen molar-refractivity contribution in [3.63, 3.8) is 0 Å². The third-order valence-electron chi connectivity index (χ3n) is 4.86. The second kappa shape index (κ2) is 3.81. The van der Waals surface area contributed by atoms with Gasteiger partial charge in [0, 0.05) is 0 Å². The van der Waals surface area contributed by atoms with E-state index in [2.05, 4.69) is 27.0 Å². The van der Waals surface area contributed by atoms with Crippen molar-refractivity contribution in [1.82, 2.24) is 0 Å². The van der Waals surface area contributed by atoms with E-state index in [1.807, 2.05) is 0 Å². The molecule has 3 atom stereocenters. The van der Waals surface area contributed by atoms with Gasteiger partial charge in [-0.25, -0.2) is 0 Å². The van der Waals surface area contributed by atoms with Gasteiger partial charge in [-0.1, -0.05) is 31.2 Å². The quantitative estimate of drug-likeness (QED) is 0.542. The molecule has 2 saturated carbocycles. The number of hydrogen-bond donors (Lipinski definition) is 0. The molecule has 2 aliphatic carbocycles. The summed E-state index contributed by atoms with van der Waals surface area (Å²) in [6.07, 6.45) is 8.11. The molecule has 0 saturated heterocycles. The Morgan fingerprint density at radius 2 is 2.13 bits per heavy atom. The Labute approximate surface area is 94.5 Å². The van der Waals surface area contributed by atoms with Gasteiger partial charge in [0.05, 0.1) is 0 Å². The molecule has 2 aliphatic rings. The van der Waals surface area contributed by atoms with Gasteiger partial charge in [-0.2, -0.15) is 0 Å². The fourth-order valence-corrected chi connectivity index (χ4v) is 3.66. The molecule has 0 amide bonds. The summed E-state index contributed by atoms with van der Waals surface area (Å²) in [5, 5.41) is 0. The van der Waals surface area contributed by atoms with E-state index in [4.69, 9.17) is 0 Å². The van der Waals surface area contributed by atoms with E-state index in [1.165, 1.54) is 49.7 Å². The molecule has 0 heteroatoms. The van der Waals surface area contributed by atoms with Crippen molar-refractivity contribution in [2.45, 2.75) is 52.4 Å². The first-order chi connectivity index (χ1) is 7.03. The number of allylic oxidation sites excluding steroid dienone is 2. The Morgan fingerprint density at radius 3 is 2.80 bits per heavy atom. The maximum atomic E-state index is 4.31. The first kappa shape index (κ1) is 11.0. The Morgan fingerprint density at radius 1 is 1.40 bits per heavy atom. The summed E-state index contributed by atoms with van der Waals surface area (Å²) >= 11 is 0. The summed E-state index contributed by atoms with van der Waals surface area (Å²) in [6.45, 7) is 13.1. The normalized spacial score (nSPS) is 41.1. The summed E-state index contributed by atoms with van der Waals surface area (Å²) < 4.78 is 0. The molecule has 0 aliphatic heterocycles. The highest BCUT2D eigenvalue weighted by atomic mass is 14.5. The van der Waals surface area contributed by atoms with Crippen molar-refractivity contribution in [2.75, 3.05) is 0 Å². The minimum Gasteiger partial charge on any atom is -0.0999 e. The molecule has 0 aromatic heterocycles. The number of fused-ring (bicyclic) bond motifs is 1. The van der Waals surface area contributed by atoms with Crippen LogP contribution in [0.3, 0.4) is 0 Å². The average molecular weight is 204 g/mol. The van der Waals surface area contributed by atoms with Crippen molar-refractivity contribution in [3.05, 3.63) is 24.3 Å². The van der Waals surface area contributed by atoms with Gasteiger partial charge in [-0.3, -0.25) is 0 Å². The average Bonchev–Trinajstić information content (AvgIpc) is 2.17. The zero-order valence-electron chi connectivity index (χ0n) is 10.3. The second-order valence-corrected chi connectivity index (χ2v) is 6.04. The van der Waals surface area contributed by atoms with Gasteiger partial charge in [-0.05, 0) is 62.7 Å². The fourth-order valence-electron chi connectivity index (χ4n) is 3.66. The number of rotatable bonds is 1. The van der Waals surface area contributed by atoms with Crippen LogP contribution in [0.5, 0.6) is 0 Å². The van der Waals surface area contributed by atoms with Crippen LogP contribution in [0.2, 0.25) is 0 Å². The van der Waals surface area contributed by atoms with Crippen molar-refractivity contribution in [3.8, 4) is 0 Å². The molecule has 2 rings (SSSR count). The molecule has 2 fully saturated rings. The van der Waals surface area contributed by atoms with Crippen molar-refractivity contribution < 1.29 is 0 Å². The van der Waals surface area contributed by atoms with E-state index >= 15 is 0 Å². The van der Waals surface area contributed by atoms with Gasteiger partial charge in [0.2, 0.25) is 0 Å². The lowest BCUT2D eigenvalue weighted by Gasteiger charge is -2.49. The Hall–Kier alpha value is -0.520. The lowest BCUT2D eigenvalue weighted by atomic mass is 9.56. The van der Waals surface area contributed by atoms with Gasteiger partial charge in [0.1, 0.15) is 0 Å². The molecule has 0 bridgehead atoms. The zero-order valence-corrected chi connectivity index (χ0v) is 10.3. The van der Waals surface area contributed by atoms with Gasteiger partial charge >= 0.3 is 0 Å². The van der Waals surface area contributed by atoms with Gasteiger partial charge < -0.3 is 0 Å². The third kappa shape index (κ3) is 1.91. The molecule has 0 heterocycles. The highest BCUT2D eigenvalue weighted by molar-refractivity contribution is 5.15. The van der Waals surface area contributed by atoms with Crippen LogP contribution in [0.15, 0.2) is 24.3 Å². The number of hydrogen-bond acceptors (Lipinski definition) is 0. The van der Waals surface area contributed by atoms with Crippen LogP contribution >= 0.6 is 0 Å². The lowest BCUT2D eigenvalue weighted by Crippen LogP contribution is -2.38. The van der Waals surface area contributed by atoms with Crippen molar-refractivity contribution in [1.29, 1.82) is 0 Å². The van der Waals surface area contributed by atoms with E-state index in [-0.39, 0.29) is 0 Å². The molecule has 0 spiro atoms. The Kier molecular flexibility index (Phi) is 2.79. The summed E-state index contributed by atoms with van der Waals surface area (Å²) in [5.41, 5.74) is 3.48. The maximum Gasteiger partial charge on any atom is -0.0146 e. The van der Waals surface area contributed by atoms with Crippen LogP contribution in [-0.4, -0.2) is 0 Å². The van der Waals surface area contributed by atoms with E-state index in [0.717, 1.165) is 11.8 Å². The fraction of sp³-hybridized carbons (Fsp3) is 0.733. The predicted molar refractivity (Wildman–Crippen MR) is 66.7 cm³/mol. The van der Waals surface area contributed by atoms with Gasteiger partial charge in [0.25, 0.3) is 0 Å². The molecule has 1 unspecified atom stereocenters. The maximum absolute atomic E-state index is 4.31. The lowest BCUT2D eigenvalue weighted by molar-refractivity contribution is 0.0832. The predicted octanol–water partition coefficient (Wildman–Crippen LogP) is 4.73. The molecule has 0 aromatic rings. The summed E-state index contributed by atoms with van der Waals surface area (Å²) in [4.78, 5) is 0. The minimum atomic E-state index is 0.571. The molecular formula is C15H24. The Bertz CT molecular complexity index is 286. The van der Waals surface area contributed by atoms with Crippen LogP contribution < -0.4 is 0 Å². The Balaban J connectivity index is 2.16. The summed E-state index contributed by atoms with van der Waals surface area (Å²) in [6, 6.07) is 0. The smallest absolute Gasteiger partial charge is 0.0146 e. The molecule has 0 radical (unpaired) electrons. The van der Waals surface area contributed by atoms with Crippen LogP contribution in [0.4, 0.5) is 0 Å². The molecular weight excluding hydrogens is 180 g/mol. The van der Waals surface area contributed by atoms with Crippen LogP contribution in [0.1, 0.15) is 52.4 Å². The minimum absolute atomic E-state index is 0.571. The highest BCUT2D eigenvalue weighted by Gasteiger charge is 2.42. The summed E-state index contributed by atoms with van der Waals surface area (Å²) in [7, 11) is 0. The van der Waals surface area contributed by atoms with Crippen molar-refractivity contribution in [2.24, 2.45) is 17.3 Å². The van der Waals surface area contributed by atoms with E-state index < -0.39 is 0 Å². The van der Waals surface area contributed by atoms with E-state index in [0.29, 0.717) is 5.41 Å². The highest BCUT2D eigenvalue weighted by Crippen LogP contribution is 2.54. The standard InChI is InChI=1S/C15H24/c1-11(2)13-7-9-15(4)8-5-6-12(3)14(15)10-13/h13-14H,1,3,5-10H2,2,4H3/t13-,14+,15?/m1/s1. The van der Waals surface area contributed by atoms with Gasteiger partial charge in [0.15, 0.2) is 0 Å². The molecule has 0 aromatic carbocycles. The first-order valence-corrected chi connectivity index (χ1v) is 6.36. The molecule has 0 N–H and O–H groups in total. The van der Waals surface area contributed by atoms with Crippen LogP contribution in [-0.2, 0) is 0 Å². The SMILES string of the molecule is C=C(C)[C@@H]1CCC2(C)CCCC(=C)[C@@H]2C1. The third-order valence-corrected chi connectivity index (χ3v) is 4.86. The van der Waals surface area contributed by atoms with Crippen molar-refractivity contribution >= 4 is 0 Å². The van der Waals surface area contributed by atoms with E-state index in [1.54, 1.807) is 0 Å². The first-order valence-electron chi connectivity index (χ1n) is 6.36. The van der Waals surface area contributed by atoms with Crippen LogP contribution in [0.25, 0.3) is 0 Å². The topological polar surface area (TPSA) is 0 Å². The zero-order chi connectivity index (χ0) is 11.1. The van der Waals surface area contributed by atoms with E-state index in [9.17, 15) is 0 Å². The molecule has 15 heavy (non-hydrogen) atoms. The van der Waals surface area contributed by atoms with Gasteiger partial charge in [-0.15, -0.1) is 0 Å². The largest absolute Gasteiger partial charge is 0.0999 e. The molecule has 0 nitrogen and oxygen atoms in total. The second-order valence-electron chi connectivity index (χ2n) is 6.04. The van der Waals surface area contributed by atoms with Crippen LogP contribution in [0, 0.1) is 17.3 Å². The summed E-state index contributed by atoms with van der Waals surface area (Å²) in [5.74, 6) is 1.54.